The second-order valence-corrected chi connectivity index (χ2v) is 4.79. The standard InChI is InChI=1S/C17H16O8/c1-22-12-6-9(16(18)19)4-5-11(12)25-15-13(23-2)7-10(17(20)21)8-14(15)24-3/h4-8H,1-3H3,(H,18,19)(H,20,21). The van der Waals surface area contributed by atoms with E-state index < -0.39 is 11.9 Å². The summed E-state index contributed by atoms with van der Waals surface area (Å²) in [6, 6.07) is 6.66. The van der Waals surface area contributed by atoms with E-state index in [1.54, 1.807) is 0 Å². The van der Waals surface area contributed by atoms with Crippen molar-refractivity contribution in [3.05, 3.63) is 41.5 Å². The summed E-state index contributed by atoms with van der Waals surface area (Å²) in [7, 11) is 4.09. The predicted octanol–water partition coefficient (Wildman–Crippen LogP) is 2.90. The van der Waals surface area contributed by atoms with Gasteiger partial charge in [0.05, 0.1) is 32.5 Å². The minimum absolute atomic E-state index is 0.0318. The number of aromatic carboxylic acids is 2. The fourth-order valence-corrected chi connectivity index (χ4v) is 2.10. The molecule has 0 bridgehead atoms. The van der Waals surface area contributed by atoms with Crippen LogP contribution in [0.5, 0.6) is 28.7 Å². The molecule has 0 radical (unpaired) electrons. The molecule has 0 spiro atoms. The Bertz CT molecular complexity index is 787. The van der Waals surface area contributed by atoms with Crippen molar-refractivity contribution in [1.82, 2.24) is 0 Å². The molecule has 0 aromatic heterocycles. The zero-order valence-corrected chi connectivity index (χ0v) is 13.7. The number of benzene rings is 2. The molecule has 2 N–H and O–H groups in total. The van der Waals surface area contributed by atoms with Gasteiger partial charge in [-0.1, -0.05) is 0 Å². The molecule has 0 saturated heterocycles. The Morgan fingerprint density at radius 2 is 1.20 bits per heavy atom. The van der Waals surface area contributed by atoms with Crippen molar-refractivity contribution in [1.29, 1.82) is 0 Å². The summed E-state index contributed by atoms with van der Waals surface area (Å²) in [5.41, 5.74) is -0.00130. The average molecular weight is 348 g/mol. The minimum Gasteiger partial charge on any atom is -0.493 e. The highest BCUT2D eigenvalue weighted by atomic mass is 16.6. The van der Waals surface area contributed by atoms with Gasteiger partial charge in [-0.25, -0.2) is 9.59 Å². The van der Waals surface area contributed by atoms with Crippen molar-refractivity contribution in [3.63, 3.8) is 0 Å². The van der Waals surface area contributed by atoms with E-state index in [1.165, 1.54) is 51.7 Å². The maximum Gasteiger partial charge on any atom is 0.335 e. The van der Waals surface area contributed by atoms with Crippen molar-refractivity contribution < 1.29 is 38.7 Å². The summed E-state index contributed by atoms with van der Waals surface area (Å²) in [6.07, 6.45) is 0. The van der Waals surface area contributed by atoms with E-state index in [2.05, 4.69) is 0 Å². The lowest BCUT2D eigenvalue weighted by atomic mass is 10.1. The van der Waals surface area contributed by atoms with E-state index in [9.17, 15) is 9.59 Å². The SMILES string of the molecule is COc1cc(C(=O)O)ccc1Oc1c(OC)cc(C(=O)O)cc1OC. The molecule has 0 aliphatic heterocycles. The molecule has 0 aliphatic rings. The lowest BCUT2D eigenvalue weighted by molar-refractivity contribution is 0.0685. The van der Waals surface area contributed by atoms with Crippen molar-refractivity contribution in [2.24, 2.45) is 0 Å². The van der Waals surface area contributed by atoms with Crippen molar-refractivity contribution in [2.75, 3.05) is 21.3 Å². The third-order valence-electron chi connectivity index (χ3n) is 3.33. The van der Waals surface area contributed by atoms with Gasteiger partial charge in [0, 0.05) is 0 Å². The van der Waals surface area contributed by atoms with E-state index in [-0.39, 0.29) is 39.9 Å². The molecule has 2 aromatic rings. The van der Waals surface area contributed by atoms with E-state index in [0.717, 1.165) is 0 Å². The molecule has 8 nitrogen and oxygen atoms in total. The second-order valence-electron chi connectivity index (χ2n) is 4.79. The quantitative estimate of drug-likeness (QED) is 0.785. The largest absolute Gasteiger partial charge is 0.493 e. The van der Waals surface area contributed by atoms with E-state index in [0.29, 0.717) is 0 Å². The minimum atomic E-state index is -1.15. The molecule has 0 heterocycles. The third-order valence-corrected chi connectivity index (χ3v) is 3.33. The van der Waals surface area contributed by atoms with Crippen LogP contribution in [0.3, 0.4) is 0 Å². The van der Waals surface area contributed by atoms with Crippen LogP contribution >= 0.6 is 0 Å². The monoisotopic (exact) mass is 348 g/mol. The molecule has 0 saturated carbocycles. The van der Waals surface area contributed by atoms with Crippen molar-refractivity contribution >= 4 is 11.9 Å². The number of hydrogen-bond acceptors (Lipinski definition) is 6. The van der Waals surface area contributed by atoms with E-state index >= 15 is 0 Å². The molecule has 0 amide bonds. The number of carboxylic acids is 2. The first kappa shape index (κ1) is 17.9. The van der Waals surface area contributed by atoms with Gasteiger partial charge in [-0.05, 0) is 30.3 Å². The Labute approximate surface area is 143 Å². The van der Waals surface area contributed by atoms with Crippen LogP contribution in [0.2, 0.25) is 0 Å². The van der Waals surface area contributed by atoms with Gasteiger partial charge in [-0.15, -0.1) is 0 Å². The predicted molar refractivity (Wildman–Crippen MR) is 86.5 cm³/mol. The Balaban J connectivity index is 2.53. The zero-order chi connectivity index (χ0) is 18.6. The smallest absolute Gasteiger partial charge is 0.335 e. The van der Waals surface area contributed by atoms with Gasteiger partial charge in [0.2, 0.25) is 5.75 Å². The number of ether oxygens (including phenoxy) is 4. The van der Waals surface area contributed by atoms with Crippen LogP contribution < -0.4 is 18.9 Å². The fourth-order valence-electron chi connectivity index (χ4n) is 2.10. The van der Waals surface area contributed by atoms with Crippen LogP contribution in [0.15, 0.2) is 30.3 Å². The molecule has 0 aliphatic carbocycles. The summed E-state index contributed by atoms with van der Waals surface area (Å²) >= 11 is 0. The molecule has 0 atom stereocenters. The first-order valence-electron chi connectivity index (χ1n) is 6.99. The molecule has 2 aromatic carbocycles. The molecule has 8 heteroatoms. The molecular formula is C17H16O8. The molecule has 0 unspecified atom stereocenters. The number of methoxy groups -OCH3 is 3. The number of carbonyl (C=O) groups is 2. The number of hydrogen-bond donors (Lipinski definition) is 2. The maximum absolute atomic E-state index is 11.2. The fraction of sp³-hybridized carbons (Fsp3) is 0.176. The first-order chi connectivity index (χ1) is 11.9. The van der Waals surface area contributed by atoms with Crippen LogP contribution in [0.25, 0.3) is 0 Å². The molecule has 25 heavy (non-hydrogen) atoms. The Kier molecular flexibility index (Phi) is 5.33. The third kappa shape index (κ3) is 3.74. The van der Waals surface area contributed by atoms with Crippen LogP contribution in [-0.4, -0.2) is 43.5 Å². The Hall–Kier alpha value is -3.42. The Morgan fingerprint density at radius 1 is 0.720 bits per heavy atom. The lowest BCUT2D eigenvalue weighted by Gasteiger charge is -2.16. The van der Waals surface area contributed by atoms with E-state index in [1.807, 2.05) is 0 Å². The highest BCUT2D eigenvalue weighted by molar-refractivity contribution is 5.90. The summed E-state index contributed by atoms with van der Waals surface area (Å²) in [5.74, 6) is -1.44. The van der Waals surface area contributed by atoms with Gasteiger partial charge >= 0.3 is 11.9 Å². The van der Waals surface area contributed by atoms with Gasteiger partial charge < -0.3 is 29.2 Å². The van der Waals surface area contributed by atoms with Crippen LogP contribution in [-0.2, 0) is 0 Å². The average Bonchev–Trinajstić information content (AvgIpc) is 2.61. The highest BCUT2D eigenvalue weighted by Gasteiger charge is 2.20. The molecule has 132 valence electrons. The zero-order valence-electron chi connectivity index (χ0n) is 13.7. The summed E-state index contributed by atoms with van der Waals surface area (Å²) in [5, 5.41) is 18.2. The topological polar surface area (TPSA) is 112 Å². The summed E-state index contributed by atoms with van der Waals surface area (Å²) < 4.78 is 21.3. The lowest BCUT2D eigenvalue weighted by Crippen LogP contribution is -2.02. The van der Waals surface area contributed by atoms with Gasteiger partial charge in [0.25, 0.3) is 0 Å². The van der Waals surface area contributed by atoms with Gasteiger partial charge in [0.15, 0.2) is 23.0 Å². The van der Waals surface area contributed by atoms with E-state index in [4.69, 9.17) is 29.2 Å². The molecule has 0 fully saturated rings. The maximum atomic E-state index is 11.2. The normalized spacial score (nSPS) is 10.0. The number of carboxylic acid groups (broad SMARTS) is 2. The second kappa shape index (κ2) is 7.43. The van der Waals surface area contributed by atoms with Crippen LogP contribution in [0.4, 0.5) is 0 Å². The molecular weight excluding hydrogens is 332 g/mol. The highest BCUT2D eigenvalue weighted by Crippen LogP contribution is 2.43. The summed E-state index contributed by atoms with van der Waals surface area (Å²) in [6.45, 7) is 0. The Morgan fingerprint density at radius 3 is 1.64 bits per heavy atom. The van der Waals surface area contributed by atoms with Gasteiger partial charge in [-0.2, -0.15) is 0 Å². The first-order valence-corrected chi connectivity index (χ1v) is 6.99. The van der Waals surface area contributed by atoms with Crippen molar-refractivity contribution in [2.45, 2.75) is 0 Å². The van der Waals surface area contributed by atoms with Crippen LogP contribution in [0.1, 0.15) is 20.7 Å². The number of rotatable bonds is 7. The summed E-state index contributed by atoms with van der Waals surface area (Å²) in [4.78, 5) is 22.2. The van der Waals surface area contributed by atoms with Gasteiger partial charge in [-0.3, -0.25) is 0 Å². The van der Waals surface area contributed by atoms with Crippen molar-refractivity contribution in [3.8, 4) is 28.7 Å². The van der Waals surface area contributed by atoms with Gasteiger partial charge in [0.1, 0.15) is 0 Å². The van der Waals surface area contributed by atoms with Crippen LogP contribution in [0, 0.1) is 0 Å². The molecule has 2 rings (SSSR count).